The van der Waals surface area contributed by atoms with Crippen molar-refractivity contribution in [2.45, 2.75) is 20.1 Å². The van der Waals surface area contributed by atoms with Crippen LogP contribution >= 0.6 is 0 Å². The summed E-state index contributed by atoms with van der Waals surface area (Å²) in [6.45, 7) is 2.89. The number of esters is 1. The third-order valence-electron chi connectivity index (χ3n) is 1.66. The Bertz CT molecular complexity index is 370. The third kappa shape index (κ3) is 2.28. The molecule has 1 heterocycles. The van der Waals surface area contributed by atoms with Gasteiger partial charge in [-0.25, -0.2) is 4.79 Å². The first-order valence-electron chi connectivity index (χ1n) is 4.17. The second-order valence-electron chi connectivity index (χ2n) is 2.78. The molecule has 0 amide bonds. The monoisotopic (exact) mass is 222 g/mol. The standard InChI is InChI=1S/C8H9F3N2O2/c1-3-15-7(14)6-5(2)4-12-13(6)8(9,10)11/h4H,3H2,1-2H3. The molecule has 0 bridgehead atoms. The maximum atomic E-state index is 12.4. The van der Waals surface area contributed by atoms with Crippen molar-refractivity contribution >= 4 is 5.97 Å². The van der Waals surface area contributed by atoms with Gasteiger partial charge in [0.15, 0.2) is 5.69 Å². The van der Waals surface area contributed by atoms with E-state index in [0.29, 0.717) is 0 Å². The molecule has 0 N–H and O–H groups in total. The Kier molecular flexibility index (Phi) is 3.01. The minimum Gasteiger partial charge on any atom is -0.461 e. The molecular weight excluding hydrogens is 213 g/mol. The van der Waals surface area contributed by atoms with E-state index in [1.165, 1.54) is 13.8 Å². The Morgan fingerprint density at radius 3 is 2.67 bits per heavy atom. The van der Waals surface area contributed by atoms with Gasteiger partial charge in [0.05, 0.1) is 12.8 Å². The smallest absolute Gasteiger partial charge is 0.461 e. The van der Waals surface area contributed by atoms with Gasteiger partial charge >= 0.3 is 12.3 Å². The molecule has 1 aromatic rings. The van der Waals surface area contributed by atoms with Crippen molar-refractivity contribution in [3.63, 3.8) is 0 Å². The first kappa shape index (κ1) is 11.5. The van der Waals surface area contributed by atoms with Crippen LogP contribution in [0.3, 0.4) is 0 Å². The Balaban J connectivity index is 3.16. The van der Waals surface area contributed by atoms with Crippen molar-refractivity contribution in [2.75, 3.05) is 6.61 Å². The van der Waals surface area contributed by atoms with Crippen LogP contribution in [0, 0.1) is 6.92 Å². The molecule has 0 spiro atoms. The quantitative estimate of drug-likeness (QED) is 0.717. The van der Waals surface area contributed by atoms with Gasteiger partial charge in [-0.2, -0.15) is 9.78 Å². The van der Waals surface area contributed by atoms with E-state index in [-0.39, 0.29) is 16.9 Å². The zero-order valence-electron chi connectivity index (χ0n) is 8.13. The fraction of sp³-hybridized carbons (Fsp3) is 0.500. The number of carbonyl (C=O) groups is 1. The van der Waals surface area contributed by atoms with Gasteiger partial charge < -0.3 is 4.74 Å². The number of ether oxygens (including phenoxy) is 1. The van der Waals surface area contributed by atoms with Crippen molar-refractivity contribution < 1.29 is 22.7 Å². The van der Waals surface area contributed by atoms with Crippen LogP contribution in [0.25, 0.3) is 0 Å². The van der Waals surface area contributed by atoms with Crippen LogP contribution in [0.2, 0.25) is 0 Å². The zero-order valence-corrected chi connectivity index (χ0v) is 8.13. The first-order chi connectivity index (χ1) is 6.88. The molecule has 0 fully saturated rings. The molecule has 0 radical (unpaired) electrons. The number of hydrogen-bond donors (Lipinski definition) is 0. The van der Waals surface area contributed by atoms with Gasteiger partial charge in [0.2, 0.25) is 0 Å². The summed E-state index contributed by atoms with van der Waals surface area (Å²) in [6, 6.07) is 0. The van der Waals surface area contributed by atoms with E-state index in [2.05, 4.69) is 9.84 Å². The van der Waals surface area contributed by atoms with Crippen LogP contribution < -0.4 is 0 Å². The van der Waals surface area contributed by atoms with Crippen LogP contribution in [0.1, 0.15) is 23.0 Å². The molecule has 1 aromatic heterocycles. The Labute approximate surface area is 83.6 Å². The molecule has 0 aliphatic heterocycles. The van der Waals surface area contributed by atoms with Crippen LogP contribution in [-0.2, 0) is 11.0 Å². The van der Waals surface area contributed by atoms with Crippen molar-refractivity contribution in [2.24, 2.45) is 0 Å². The average Bonchev–Trinajstić information content (AvgIpc) is 2.46. The summed E-state index contributed by atoms with van der Waals surface area (Å²) in [6.07, 6.45) is -3.74. The summed E-state index contributed by atoms with van der Waals surface area (Å²) in [5, 5.41) is 3.08. The molecule has 0 saturated heterocycles. The lowest BCUT2D eigenvalue weighted by Crippen LogP contribution is -2.24. The normalized spacial score (nSPS) is 11.5. The molecule has 0 unspecified atom stereocenters. The number of carbonyl (C=O) groups excluding carboxylic acids is 1. The Hall–Kier alpha value is -1.53. The van der Waals surface area contributed by atoms with E-state index in [4.69, 9.17) is 0 Å². The van der Waals surface area contributed by atoms with Crippen molar-refractivity contribution in [1.82, 2.24) is 9.78 Å². The summed E-state index contributed by atoms with van der Waals surface area (Å²) in [4.78, 5) is 11.2. The molecule has 0 atom stereocenters. The highest BCUT2D eigenvalue weighted by Crippen LogP contribution is 2.25. The zero-order chi connectivity index (χ0) is 11.6. The van der Waals surface area contributed by atoms with Crippen molar-refractivity contribution in [3.05, 3.63) is 17.5 Å². The topological polar surface area (TPSA) is 44.1 Å². The molecule has 0 aliphatic carbocycles. The molecular formula is C8H9F3N2O2. The van der Waals surface area contributed by atoms with Gasteiger partial charge in [0.25, 0.3) is 0 Å². The fourth-order valence-corrected chi connectivity index (χ4v) is 1.07. The lowest BCUT2D eigenvalue weighted by Gasteiger charge is -2.10. The highest BCUT2D eigenvalue weighted by Gasteiger charge is 2.37. The molecule has 0 saturated carbocycles. The number of aryl methyl sites for hydroxylation is 1. The van der Waals surface area contributed by atoms with Gasteiger partial charge in [-0.05, 0) is 13.8 Å². The van der Waals surface area contributed by atoms with Gasteiger partial charge in [-0.15, -0.1) is 13.2 Å². The summed E-state index contributed by atoms with van der Waals surface area (Å²) in [7, 11) is 0. The van der Waals surface area contributed by atoms with Crippen LogP contribution in [0.5, 0.6) is 0 Å². The van der Waals surface area contributed by atoms with E-state index in [9.17, 15) is 18.0 Å². The SMILES string of the molecule is CCOC(=O)c1c(C)cnn1C(F)(F)F. The predicted molar refractivity (Wildman–Crippen MR) is 44.2 cm³/mol. The maximum Gasteiger partial charge on any atom is 0.505 e. The van der Waals surface area contributed by atoms with Gasteiger partial charge in [-0.1, -0.05) is 0 Å². The molecule has 1 rings (SSSR count). The minimum absolute atomic E-state index is 0.0152. The number of aromatic nitrogens is 2. The van der Waals surface area contributed by atoms with Crippen molar-refractivity contribution in [3.8, 4) is 0 Å². The number of hydrogen-bond acceptors (Lipinski definition) is 3. The minimum atomic E-state index is -4.71. The Morgan fingerprint density at radius 2 is 2.20 bits per heavy atom. The summed E-state index contributed by atoms with van der Waals surface area (Å²) in [5.41, 5.74) is -0.449. The first-order valence-corrected chi connectivity index (χ1v) is 4.17. The number of halogens is 3. The molecule has 7 heteroatoms. The van der Waals surface area contributed by atoms with Crippen LogP contribution in [0.4, 0.5) is 13.2 Å². The molecule has 15 heavy (non-hydrogen) atoms. The number of alkyl halides is 3. The molecule has 4 nitrogen and oxygen atoms in total. The number of rotatable bonds is 2. The fourth-order valence-electron chi connectivity index (χ4n) is 1.07. The van der Waals surface area contributed by atoms with E-state index < -0.39 is 18.0 Å². The summed E-state index contributed by atoms with van der Waals surface area (Å²) < 4.78 is 41.3. The second-order valence-corrected chi connectivity index (χ2v) is 2.78. The van der Waals surface area contributed by atoms with Gasteiger partial charge in [0, 0.05) is 5.56 Å². The largest absolute Gasteiger partial charge is 0.505 e. The molecule has 0 aliphatic rings. The van der Waals surface area contributed by atoms with Crippen LogP contribution in [0.15, 0.2) is 6.20 Å². The van der Waals surface area contributed by atoms with E-state index in [1.54, 1.807) is 0 Å². The summed E-state index contributed by atoms with van der Waals surface area (Å²) >= 11 is 0. The highest BCUT2D eigenvalue weighted by atomic mass is 19.4. The third-order valence-corrected chi connectivity index (χ3v) is 1.66. The number of nitrogens with zero attached hydrogens (tertiary/aromatic N) is 2. The van der Waals surface area contributed by atoms with Crippen molar-refractivity contribution in [1.29, 1.82) is 0 Å². The lowest BCUT2D eigenvalue weighted by molar-refractivity contribution is -0.213. The van der Waals surface area contributed by atoms with Gasteiger partial charge in [-0.3, -0.25) is 0 Å². The van der Waals surface area contributed by atoms with E-state index in [1.807, 2.05) is 0 Å². The summed E-state index contributed by atoms with van der Waals surface area (Å²) in [5.74, 6) is -1.02. The van der Waals surface area contributed by atoms with E-state index >= 15 is 0 Å². The second kappa shape index (κ2) is 3.92. The molecule has 84 valence electrons. The van der Waals surface area contributed by atoms with E-state index in [0.717, 1.165) is 6.20 Å². The average molecular weight is 222 g/mol. The Morgan fingerprint density at radius 1 is 1.60 bits per heavy atom. The predicted octanol–water partition coefficient (Wildman–Crippen LogP) is 1.84. The molecule has 0 aromatic carbocycles. The maximum absolute atomic E-state index is 12.4. The highest BCUT2D eigenvalue weighted by molar-refractivity contribution is 5.89. The van der Waals surface area contributed by atoms with Crippen LogP contribution in [-0.4, -0.2) is 22.4 Å². The van der Waals surface area contributed by atoms with Gasteiger partial charge in [0.1, 0.15) is 0 Å². The lowest BCUT2D eigenvalue weighted by atomic mass is 10.3.